The Hall–Kier alpha value is -0.910. The SMILES string of the molecule is Br.CN1CC[C@H](OC(=O)[C@@](O)(c2ccccc2)C2CCCC2)C1. The number of carbonyl (C=O) groups excluding carboxylic acids is 1. The van der Waals surface area contributed by atoms with Gasteiger partial charge in [0.25, 0.3) is 0 Å². The standard InChI is InChI=1S/C18H25NO3.BrH/c1-19-12-11-16(13-19)22-17(20)18(21,15-9-5-6-10-15)14-7-3-2-4-8-14;/h2-4,7-8,15-16,21H,5-6,9-13H2,1H3;1H/t16-,18+;/m0./s1. The minimum atomic E-state index is -1.50. The molecule has 4 nitrogen and oxygen atoms in total. The van der Waals surface area contributed by atoms with Crippen LogP contribution >= 0.6 is 17.0 Å². The van der Waals surface area contributed by atoms with Crippen LogP contribution < -0.4 is 0 Å². The number of esters is 1. The van der Waals surface area contributed by atoms with E-state index in [2.05, 4.69) is 4.90 Å². The van der Waals surface area contributed by atoms with Crippen molar-refractivity contribution < 1.29 is 14.6 Å². The lowest BCUT2D eigenvalue weighted by atomic mass is 9.80. The van der Waals surface area contributed by atoms with Crippen LogP contribution in [0.5, 0.6) is 0 Å². The molecule has 2 aliphatic rings. The molecule has 5 heteroatoms. The van der Waals surface area contributed by atoms with Gasteiger partial charge in [-0.2, -0.15) is 0 Å². The molecule has 0 radical (unpaired) electrons. The van der Waals surface area contributed by atoms with Crippen LogP contribution in [-0.4, -0.2) is 42.2 Å². The quantitative estimate of drug-likeness (QED) is 0.812. The van der Waals surface area contributed by atoms with Crippen molar-refractivity contribution in [3.8, 4) is 0 Å². The number of hydrogen-bond donors (Lipinski definition) is 1. The van der Waals surface area contributed by atoms with E-state index >= 15 is 0 Å². The van der Waals surface area contributed by atoms with Gasteiger partial charge in [-0.3, -0.25) is 0 Å². The zero-order valence-corrected chi connectivity index (χ0v) is 15.3. The molecule has 128 valence electrons. The molecule has 2 fully saturated rings. The summed E-state index contributed by atoms with van der Waals surface area (Å²) in [7, 11) is 2.02. The molecular formula is C18H26BrNO3. The van der Waals surface area contributed by atoms with Crippen LogP contribution in [0.15, 0.2) is 30.3 Å². The van der Waals surface area contributed by atoms with Crippen LogP contribution in [0.2, 0.25) is 0 Å². The molecule has 1 aromatic carbocycles. The summed E-state index contributed by atoms with van der Waals surface area (Å²) < 4.78 is 5.68. The largest absolute Gasteiger partial charge is 0.459 e. The van der Waals surface area contributed by atoms with Gasteiger partial charge in [0, 0.05) is 19.0 Å². The molecule has 1 saturated heterocycles. The molecule has 1 heterocycles. The van der Waals surface area contributed by atoms with Crippen molar-refractivity contribution in [1.29, 1.82) is 0 Å². The van der Waals surface area contributed by atoms with Crippen LogP contribution in [0.4, 0.5) is 0 Å². The van der Waals surface area contributed by atoms with Crippen molar-refractivity contribution in [3.05, 3.63) is 35.9 Å². The molecule has 1 saturated carbocycles. The van der Waals surface area contributed by atoms with E-state index in [4.69, 9.17) is 4.74 Å². The van der Waals surface area contributed by atoms with E-state index < -0.39 is 11.6 Å². The molecule has 1 N–H and O–H groups in total. The summed E-state index contributed by atoms with van der Waals surface area (Å²) in [6.07, 6.45) is 4.64. The fourth-order valence-corrected chi connectivity index (χ4v) is 3.79. The summed E-state index contributed by atoms with van der Waals surface area (Å²) in [5.41, 5.74) is -0.836. The van der Waals surface area contributed by atoms with E-state index in [1.165, 1.54) is 0 Å². The Morgan fingerprint density at radius 3 is 2.43 bits per heavy atom. The van der Waals surface area contributed by atoms with Gasteiger partial charge in [0.15, 0.2) is 5.60 Å². The van der Waals surface area contributed by atoms with Crippen molar-refractivity contribution in [2.24, 2.45) is 5.92 Å². The Morgan fingerprint density at radius 2 is 1.87 bits per heavy atom. The molecule has 2 atom stereocenters. The first kappa shape index (κ1) is 18.4. The van der Waals surface area contributed by atoms with Crippen LogP contribution in [0, 0.1) is 5.92 Å². The summed E-state index contributed by atoms with van der Waals surface area (Å²) in [6, 6.07) is 9.30. The maximum Gasteiger partial charge on any atom is 0.343 e. The van der Waals surface area contributed by atoms with Crippen molar-refractivity contribution in [3.63, 3.8) is 0 Å². The van der Waals surface area contributed by atoms with Crippen LogP contribution in [0.1, 0.15) is 37.7 Å². The number of likely N-dealkylation sites (tertiary alicyclic amines) is 1. The van der Waals surface area contributed by atoms with Gasteiger partial charge in [-0.25, -0.2) is 4.79 Å². The van der Waals surface area contributed by atoms with Gasteiger partial charge in [-0.1, -0.05) is 43.2 Å². The lowest BCUT2D eigenvalue weighted by Crippen LogP contribution is -2.45. The van der Waals surface area contributed by atoms with E-state index in [9.17, 15) is 9.90 Å². The molecule has 1 aliphatic heterocycles. The minimum absolute atomic E-state index is 0. The molecule has 0 bridgehead atoms. The van der Waals surface area contributed by atoms with Gasteiger partial charge >= 0.3 is 5.97 Å². The molecular weight excluding hydrogens is 358 g/mol. The van der Waals surface area contributed by atoms with Gasteiger partial charge < -0.3 is 14.7 Å². The fourth-order valence-electron chi connectivity index (χ4n) is 3.79. The second-order valence-electron chi connectivity index (χ2n) is 6.69. The average Bonchev–Trinajstić information content (AvgIpc) is 3.19. The zero-order valence-electron chi connectivity index (χ0n) is 13.6. The number of carbonyl (C=O) groups is 1. The molecule has 1 aromatic rings. The first-order valence-corrected chi connectivity index (χ1v) is 8.28. The number of ether oxygens (including phenoxy) is 1. The minimum Gasteiger partial charge on any atom is -0.459 e. The lowest BCUT2D eigenvalue weighted by molar-refractivity contribution is -0.178. The monoisotopic (exact) mass is 383 g/mol. The number of aliphatic hydroxyl groups is 1. The molecule has 0 amide bonds. The number of nitrogens with zero attached hydrogens (tertiary/aromatic N) is 1. The normalized spacial score (nSPS) is 24.9. The summed E-state index contributed by atoms with van der Waals surface area (Å²) in [5.74, 6) is -0.507. The third-order valence-electron chi connectivity index (χ3n) is 5.09. The Morgan fingerprint density at radius 1 is 1.22 bits per heavy atom. The number of benzene rings is 1. The van der Waals surface area contributed by atoms with E-state index in [0.29, 0.717) is 5.56 Å². The first-order chi connectivity index (χ1) is 10.6. The highest BCUT2D eigenvalue weighted by Crippen LogP contribution is 2.41. The van der Waals surface area contributed by atoms with E-state index in [0.717, 1.165) is 45.2 Å². The molecule has 23 heavy (non-hydrogen) atoms. The Balaban J connectivity index is 0.00000192. The van der Waals surface area contributed by atoms with Crippen molar-refractivity contribution in [2.45, 2.75) is 43.8 Å². The summed E-state index contributed by atoms with van der Waals surface area (Å²) in [4.78, 5) is 15.0. The highest BCUT2D eigenvalue weighted by Gasteiger charge is 2.48. The number of rotatable bonds is 4. The second-order valence-corrected chi connectivity index (χ2v) is 6.69. The summed E-state index contributed by atoms with van der Waals surface area (Å²) in [6.45, 7) is 1.69. The summed E-state index contributed by atoms with van der Waals surface area (Å²) in [5, 5.41) is 11.3. The molecule has 0 spiro atoms. The third kappa shape index (κ3) is 3.78. The van der Waals surface area contributed by atoms with Gasteiger partial charge in [0.1, 0.15) is 6.10 Å². The fraction of sp³-hybridized carbons (Fsp3) is 0.611. The van der Waals surface area contributed by atoms with Crippen LogP contribution in [0.25, 0.3) is 0 Å². The molecule has 0 unspecified atom stereocenters. The Kier molecular flexibility index (Phi) is 6.23. The topological polar surface area (TPSA) is 49.8 Å². The number of likely N-dealkylation sites (N-methyl/N-ethyl adjacent to an activating group) is 1. The lowest BCUT2D eigenvalue weighted by Gasteiger charge is -2.33. The maximum atomic E-state index is 12.8. The predicted molar refractivity (Wildman–Crippen MR) is 94.6 cm³/mol. The highest BCUT2D eigenvalue weighted by molar-refractivity contribution is 8.93. The third-order valence-corrected chi connectivity index (χ3v) is 5.09. The predicted octanol–water partition coefficient (Wildman–Crippen LogP) is 2.89. The van der Waals surface area contributed by atoms with Crippen LogP contribution in [-0.2, 0) is 15.1 Å². The smallest absolute Gasteiger partial charge is 0.343 e. The van der Waals surface area contributed by atoms with Crippen LogP contribution in [0.3, 0.4) is 0 Å². The first-order valence-electron chi connectivity index (χ1n) is 8.28. The molecule has 0 aromatic heterocycles. The maximum absolute atomic E-state index is 12.8. The van der Waals surface area contributed by atoms with Crippen molar-refractivity contribution in [1.82, 2.24) is 4.90 Å². The van der Waals surface area contributed by atoms with Crippen molar-refractivity contribution in [2.75, 3.05) is 20.1 Å². The molecule has 3 rings (SSSR count). The van der Waals surface area contributed by atoms with Gasteiger partial charge in [-0.15, -0.1) is 17.0 Å². The zero-order chi connectivity index (χ0) is 15.6. The number of hydrogen-bond acceptors (Lipinski definition) is 4. The van der Waals surface area contributed by atoms with Gasteiger partial charge in [0.05, 0.1) is 0 Å². The van der Waals surface area contributed by atoms with Crippen molar-refractivity contribution >= 4 is 23.0 Å². The number of halogens is 1. The van der Waals surface area contributed by atoms with E-state index in [1.54, 1.807) is 0 Å². The Bertz CT molecular complexity index is 518. The van der Waals surface area contributed by atoms with E-state index in [1.807, 2.05) is 37.4 Å². The van der Waals surface area contributed by atoms with Gasteiger partial charge in [0.2, 0.25) is 0 Å². The highest BCUT2D eigenvalue weighted by atomic mass is 79.9. The Labute approximate surface area is 148 Å². The second kappa shape index (κ2) is 7.77. The summed E-state index contributed by atoms with van der Waals surface area (Å²) >= 11 is 0. The van der Waals surface area contributed by atoms with Gasteiger partial charge in [-0.05, 0) is 31.9 Å². The molecule has 1 aliphatic carbocycles. The average molecular weight is 384 g/mol. The van der Waals surface area contributed by atoms with E-state index in [-0.39, 0.29) is 29.0 Å².